The Kier molecular flexibility index (Phi) is 3.85. The number of nitrogens with zero attached hydrogens (tertiary/aromatic N) is 1. The predicted molar refractivity (Wildman–Crippen MR) is 51.8 cm³/mol. The van der Waals surface area contributed by atoms with Crippen molar-refractivity contribution in [1.82, 2.24) is 4.98 Å². The minimum atomic E-state index is -0.422. The van der Waals surface area contributed by atoms with E-state index in [1.54, 1.807) is 18.5 Å². The van der Waals surface area contributed by atoms with Crippen LogP contribution < -0.4 is 5.32 Å². The first kappa shape index (κ1) is 10.1. The molecule has 1 N–H and O–H groups in total. The summed E-state index contributed by atoms with van der Waals surface area (Å²) in [6.45, 7) is 4.10. The highest BCUT2D eigenvalue weighted by atomic mass is 32.1. The standard InChI is InChI=1S/C8H12N2O2S/c1-3-12-6(2)7(11)10-8-9-4-5-13-8/h4-6H,3H2,1-2H3,(H,9,10,11). The van der Waals surface area contributed by atoms with Crippen molar-refractivity contribution in [2.24, 2.45) is 0 Å². The molecule has 72 valence electrons. The number of amides is 1. The topological polar surface area (TPSA) is 51.2 Å². The average Bonchev–Trinajstić information content (AvgIpc) is 2.57. The molecule has 4 nitrogen and oxygen atoms in total. The summed E-state index contributed by atoms with van der Waals surface area (Å²) in [5.74, 6) is -0.156. The minimum absolute atomic E-state index is 0.156. The Morgan fingerprint density at radius 1 is 1.85 bits per heavy atom. The average molecular weight is 200 g/mol. The zero-order chi connectivity index (χ0) is 9.68. The summed E-state index contributed by atoms with van der Waals surface area (Å²) in [6.07, 6.45) is 1.22. The van der Waals surface area contributed by atoms with Gasteiger partial charge in [-0.25, -0.2) is 4.98 Å². The molecule has 0 radical (unpaired) electrons. The molecule has 0 fully saturated rings. The molecule has 1 heterocycles. The molecule has 0 bridgehead atoms. The summed E-state index contributed by atoms with van der Waals surface area (Å²) >= 11 is 1.39. The molecular formula is C8H12N2O2S. The molecule has 1 atom stereocenters. The number of carbonyl (C=O) groups is 1. The smallest absolute Gasteiger partial charge is 0.254 e. The van der Waals surface area contributed by atoms with Gasteiger partial charge in [0.15, 0.2) is 5.13 Å². The van der Waals surface area contributed by atoms with Gasteiger partial charge < -0.3 is 4.74 Å². The predicted octanol–water partition coefficient (Wildman–Crippen LogP) is 1.51. The van der Waals surface area contributed by atoms with Crippen LogP contribution in [0.3, 0.4) is 0 Å². The van der Waals surface area contributed by atoms with E-state index >= 15 is 0 Å². The lowest BCUT2D eigenvalue weighted by Crippen LogP contribution is -2.27. The highest BCUT2D eigenvalue weighted by molar-refractivity contribution is 7.13. The largest absolute Gasteiger partial charge is 0.369 e. The van der Waals surface area contributed by atoms with Crippen molar-refractivity contribution in [1.29, 1.82) is 0 Å². The van der Waals surface area contributed by atoms with Gasteiger partial charge in [-0.2, -0.15) is 0 Å². The Hall–Kier alpha value is -0.940. The molecule has 0 saturated carbocycles. The van der Waals surface area contributed by atoms with Crippen LogP contribution in [0.25, 0.3) is 0 Å². The molecule has 0 aliphatic heterocycles. The summed E-state index contributed by atoms with van der Waals surface area (Å²) in [7, 11) is 0. The van der Waals surface area contributed by atoms with Crippen LogP contribution in [0.15, 0.2) is 11.6 Å². The van der Waals surface area contributed by atoms with Crippen LogP contribution in [-0.2, 0) is 9.53 Å². The summed E-state index contributed by atoms with van der Waals surface area (Å²) in [5.41, 5.74) is 0. The molecule has 13 heavy (non-hydrogen) atoms. The lowest BCUT2D eigenvalue weighted by molar-refractivity contribution is -0.126. The number of carbonyl (C=O) groups excluding carboxylic acids is 1. The number of hydrogen-bond donors (Lipinski definition) is 1. The van der Waals surface area contributed by atoms with Crippen LogP contribution >= 0.6 is 11.3 Å². The molecule has 1 aromatic rings. The summed E-state index contributed by atoms with van der Waals surface area (Å²) in [4.78, 5) is 15.3. The molecule has 0 saturated heterocycles. The van der Waals surface area contributed by atoms with Gasteiger partial charge in [0.25, 0.3) is 5.91 Å². The number of nitrogens with one attached hydrogen (secondary N) is 1. The maximum atomic E-state index is 11.3. The van der Waals surface area contributed by atoms with Crippen molar-refractivity contribution < 1.29 is 9.53 Å². The molecule has 0 aliphatic rings. The number of thiazole rings is 1. The Balaban J connectivity index is 2.41. The number of aromatic nitrogens is 1. The minimum Gasteiger partial charge on any atom is -0.369 e. The number of anilines is 1. The van der Waals surface area contributed by atoms with Gasteiger partial charge in [-0.1, -0.05) is 0 Å². The third-order valence-electron chi connectivity index (χ3n) is 1.45. The zero-order valence-corrected chi connectivity index (χ0v) is 8.43. The van der Waals surface area contributed by atoms with Gasteiger partial charge in [-0.05, 0) is 13.8 Å². The number of hydrogen-bond acceptors (Lipinski definition) is 4. The third-order valence-corrected chi connectivity index (χ3v) is 2.14. The maximum absolute atomic E-state index is 11.3. The Labute approximate surface area is 80.9 Å². The van der Waals surface area contributed by atoms with E-state index in [1.165, 1.54) is 11.3 Å². The van der Waals surface area contributed by atoms with Crippen molar-refractivity contribution in [3.63, 3.8) is 0 Å². The van der Waals surface area contributed by atoms with E-state index in [9.17, 15) is 4.79 Å². The van der Waals surface area contributed by atoms with Crippen LogP contribution in [0, 0.1) is 0 Å². The highest BCUT2D eigenvalue weighted by Crippen LogP contribution is 2.10. The quantitative estimate of drug-likeness (QED) is 0.801. The molecular weight excluding hydrogens is 188 g/mol. The maximum Gasteiger partial charge on any atom is 0.254 e. The van der Waals surface area contributed by atoms with Crippen molar-refractivity contribution in [2.75, 3.05) is 11.9 Å². The van der Waals surface area contributed by atoms with Gasteiger partial charge in [0.05, 0.1) is 0 Å². The molecule has 1 unspecified atom stereocenters. The summed E-state index contributed by atoms with van der Waals surface area (Å²) < 4.78 is 5.12. The normalized spacial score (nSPS) is 12.5. The van der Waals surface area contributed by atoms with Crippen LogP contribution in [-0.4, -0.2) is 23.6 Å². The van der Waals surface area contributed by atoms with Crippen molar-refractivity contribution in [2.45, 2.75) is 20.0 Å². The fourth-order valence-corrected chi connectivity index (χ4v) is 1.35. The summed E-state index contributed by atoms with van der Waals surface area (Å²) in [5, 5.41) is 5.06. The van der Waals surface area contributed by atoms with Crippen molar-refractivity contribution >= 4 is 22.4 Å². The number of rotatable bonds is 4. The SMILES string of the molecule is CCOC(C)C(=O)Nc1nccs1. The number of ether oxygens (including phenoxy) is 1. The van der Waals surface area contributed by atoms with E-state index in [-0.39, 0.29) is 5.91 Å². The second-order valence-corrected chi connectivity index (χ2v) is 3.32. The zero-order valence-electron chi connectivity index (χ0n) is 7.61. The van der Waals surface area contributed by atoms with Gasteiger partial charge in [-0.15, -0.1) is 11.3 Å². The lowest BCUT2D eigenvalue weighted by atomic mass is 10.4. The van der Waals surface area contributed by atoms with Gasteiger partial charge in [-0.3, -0.25) is 10.1 Å². The Bertz CT molecular complexity index is 261. The molecule has 0 spiro atoms. The Morgan fingerprint density at radius 2 is 2.62 bits per heavy atom. The second-order valence-electron chi connectivity index (χ2n) is 2.42. The molecule has 1 aromatic heterocycles. The van der Waals surface area contributed by atoms with Gasteiger partial charge in [0, 0.05) is 18.2 Å². The first-order chi connectivity index (χ1) is 6.24. The first-order valence-electron chi connectivity index (χ1n) is 4.06. The monoisotopic (exact) mass is 200 g/mol. The fourth-order valence-electron chi connectivity index (χ4n) is 0.818. The van der Waals surface area contributed by atoms with E-state index in [1.807, 2.05) is 6.92 Å². The van der Waals surface area contributed by atoms with E-state index in [0.717, 1.165) is 0 Å². The first-order valence-corrected chi connectivity index (χ1v) is 4.94. The van der Waals surface area contributed by atoms with Gasteiger partial charge in [0.2, 0.25) is 0 Å². The lowest BCUT2D eigenvalue weighted by Gasteiger charge is -2.09. The molecule has 5 heteroatoms. The van der Waals surface area contributed by atoms with Crippen LogP contribution in [0.4, 0.5) is 5.13 Å². The van der Waals surface area contributed by atoms with Crippen LogP contribution in [0.5, 0.6) is 0 Å². The highest BCUT2D eigenvalue weighted by Gasteiger charge is 2.12. The molecule has 0 aromatic carbocycles. The fraction of sp³-hybridized carbons (Fsp3) is 0.500. The van der Waals surface area contributed by atoms with Gasteiger partial charge in [0.1, 0.15) is 6.10 Å². The van der Waals surface area contributed by atoms with Crippen molar-refractivity contribution in [3.8, 4) is 0 Å². The third kappa shape index (κ3) is 3.12. The molecule has 0 aliphatic carbocycles. The Morgan fingerprint density at radius 3 is 3.15 bits per heavy atom. The van der Waals surface area contributed by atoms with E-state index < -0.39 is 6.10 Å². The molecule has 1 amide bonds. The van der Waals surface area contributed by atoms with Gasteiger partial charge >= 0.3 is 0 Å². The summed E-state index contributed by atoms with van der Waals surface area (Å²) in [6, 6.07) is 0. The second kappa shape index (κ2) is 4.94. The van der Waals surface area contributed by atoms with E-state index in [0.29, 0.717) is 11.7 Å². The van der Waals surface area contributed by atoms with Crippen molar-refractivity contribution in [3.05, 3.63) is 11.6 Å². The molecule has 1 rings (SSSR count). The van der Waals surface area contributed by atoms with Crippen LogP contribution in [0.1, 0.15) is 13.8 Å². The van der Waals surface area contributed by atoms with Crippen LogP contribution in [0.2, 0.25) is 0 Å². The van der Waals surface area contributed by atoms with E-state index in [4.69, 9.17) is 4.74 Å². The van der Waals surface area contributed by atoms with E-state index in [2.05, 4.69) is 10.3 Å².